The first-order valence-corrected chi connectivity index (χ1v) is 6.80. The second-order valence-electron chi connectivity index (χ2n) is 4.82. The topological polar surface area (TPSA) is 41.1 Å². The predicted octanol–water partition coefficient (Wildman–Crippen LogP) is 2.54. The van der Waals surface area contributed by atoms with Gasteiger partial charge in [-0.3, -0.25) is 4.79 Å². The van der Waals surface area contributed by atoms with Crippen molar-refractivity contribution in [2.24, 2.45) is 5.92 Å². The first kappa shape index (κ1) is 18.9. The molecule has 0 aliphatic carbocycles. The van der Waals surface area contributed by atoms with E-state index >= 15 is 0 Å². The van der Waals surface area contributed by atoms with E-state index in [4.69, 9.17) is 0 Å². The Bertz CT molecular complexity index is 401. The summed E-state index contributed by atoms with van der Waals surface area (Å²) in [7, 11) is 1.89. The van der Waals surface area contributed by atoms with E-state index in [1.54, 1.807) is 6.07 Å². The van der Waals surface area contributed by atoms with Crippen LogP contribution in [0.3, 0.4) is 0 Å². The van der Waals surface area contributed by atoms with Crippen molar-refractivity contribution < 1.29 is 9.18 Å². The average Bonchev–Trinajstić information content (AvgIpc) is 2.41. The second-order valence-corrected chi connectivity index (χ2v) is 4.82. The van der Waals surface area contributed by atoms with Crippen molar-refractivity contribution >= 4 is 18.3 Å². The minimum atomic E-state index is -0.221. The number of hydrogen-bond donors (Lipinski definition) is 2. The Morgan fingerprint density at radius 3 is 2.75 bits per heavy atom. The van der Waals surface area contributed by atoms with Gasteiger partial charge in [0, 0.05) is 12.5 Å². The van der Waals surface area contributed by atoms with Crippen LogP contribution in [0.25, 0.3) is 0 Å². The number of hydrogen-bond acceptors (Lipinski definition) is 2. The Balaban J connectivity index is 0.00000361. The number of rotatable bonds is 8. The first-order chi connectivity index (χ1) is 9.13. The molecule has 1 amide bonds. The summed E-state index contributed by atoms with van der Waals surface area (Å²) >= 11 is 0. The summed E-state index contributed by atoms with van der Waals surface area (Å²) in [5.41, 5.74) is 0.940. The lowest BCUT2D eigenvalue weighted by molar-refractivity contribution is -0.124. The normalized spacial score (nSPS) is 11.6. The number of aryl methyl sites for hydroxylation is 1. The van der Waals surface area contributed by atoms with E-state index in [0.717, 1.165) is 31.4 Å². The van der Waals surface area contributed by atoms with Crippen molar-refractivity contribution in [3.8, 4) is 0 Å². The zero-order valence-electron chi connectivity index (χ0n) is 12.1. The fourth-order valence-corrected chi connectivity index (χ4v) is 1.86. The van der Waals surface area contributed by atoms with Crippen LogP contribution < -0.4 is 10.6 Å². The summed E-state index contributed by atoms with van der Waals surface area (Å²) in [6.07, 6.45) is 2.39. The summed E-state index contributed by atoms with van der Waals surface area (Å²) in [4.78, 5) is 11.8. The van der Waals surface area contributed by atoms with Crippen LogP contribution in [-0.4, -0.2) is 26.0 Å². The molecule has 3 nitrogen and oxygen atoms in total. The van der Waals surface area contributed by atoms with Crippen molar-refractivity contribution in [3.05, 3.63) is 35.6 Å². The number of benzene rings is 1. The van der Waals surface area contributed by atoms with E-state index in [9.17, 15) is 9.18 Å². The molecule has 1 unspecified atom stereocenters. The molecule has 5 heteroatoms. The highest BCUT2D eigenvalue weighted by molar-refractivity contribution is 5.85. The number of amides is 1. The molecule has 0 spiro atoms. The Morgan fingerprint density at radius 1 is 1.35 bits per heavy atom. The molecular weight excluding hydrogens is 279 g/mol. The molecule has 0 aliphatic heterocycles. The molecule has 114 valence electrons. The van der Waals surface area contributed by atoms with Gasteiger partial charge in [-0.15, -0.1) is 12.4 Å². The van der Waals surface area contributed by atoms with Crippen LogP contribution >= 0.6 is 12.4 Å². The zero-order chi connectivity index (χ0) is 14.1. The number of nitrogens with one attached hydrogen (secondary N) is 2. The molecule has 20 heavy (non-hydrogen) atoms. The van der Waals surface area contributed by atoms with E-state index in [2.05, 4.69) is 10.6 Å². The smallest absolute Gasteiger partial charge is 0.222 e. The Morgan fingerprint density at radius 2 is 2.10 bits per heavy atom. The van der Waals surface area contributed by atoms with Crippen LogP contribution in [0.5, 0.6) is 0 Å². The van der Waals surface area contributed by atoms with Crippen molar-refractivity contribution in [2.75, 3.05) is 20.1 Å². The monoisotopic (exact) mass is 302 g/mol. The highest BCUT2D eigenvalue weighted by atomic mass is 35.5. The van der Waals surface area contributed by atoms with Crippen LogP contribution in [-0.2, 0) is 11.2 Å². The SMILES string of the molecule is CNCCCNC(=O)C(C)CCc1cccc(F)c1.Cl. The van der Waals surface area contributed by atoms with Gasteiger partial charge >= 0.3 is 0 Å². The standard InChI is InChI=1S/C15H23FN2O.ClH/c1-12(15(19)18-10-4-9-17-2)7-8-13-5-3-6-14(16)11-13;/h3,5-6,11-12,17H,4,7-10H2,1-2H3,(H,18,19);1H. The van der Waals surface area contributed by atoms with E-state index in [-0.39, 0.29) is 30.0 Å². The zero-order valence-corrected chi connectivity index (χ0v) is 12.9. The lowest BCUT2D eigenvalue weighted by Gasteiger charge is -2.12. The Labute approximate surface area is 126 Å². The van der Waals surface area contributed by atoms with Gasteiger partial charge in [0.15, 0.2) is 0 Å². The van der Waals surface area contributed by atoms with E-state index in [1.165, 1.54) is 12.1 Å². The van der Waals surface area contributed by atoms with Gasteiger partial charge in [-0.1, -0.05) is 19.1 Å². The van der Waals surface area contributed by atoms with Crippen molar-refractivity contribution in [3.63, 3.8) is 0 Å². The molecule has 2 N–H and O–H groups in total. The van der Waals surface area contributed by atoms with Crippen molar-refractivity contribution in [1.29, 1.82) is 0 Å². The van der Waals surface area contributed by atoms with Crippen LogP contribution in [0, 0.1) is 11.7 Å². The molecule has 0 saturated heterocycles. The van der Waals surface area contributed by atoms with Gasteiger partial charge < -0.3 is 10.6 Å². The third kappa shape index (κ3) is 7.46. The maximum Gasteiger partial charge on any atom is 0.222 e. The summed E-state index contributed by atoms with van der Waals surface area (Å²) in [6, 6.07) is 6.55. The maximum absolute atomic E-state index is 13.0. The van der Waals surface area contributed by atoms with Gasteiger partial charge in [-0.2, -0.15) is 0 Å². The van der Waals surface area contributed by atoms with Gasteiger partial charge in [0.2, 0.25) is 5.91 Å². The summed E-state index contributed by atoms with van der Waals surface area (Å²) in [6.45, 7) is 3.51. The Hall–Kier alpha value is -1.13. The van der Waals surface area contributed by atoms with Crippen LogP contribution in [0.15, 0.2) is 24.3 Å². The van der Waals surface area contributed by atoms with Gasteiger partial charge in [-0.25, -0.2) is 4.39 Å². The molecule has 0 fully saturated rings. The largest absolute Gasteiger partial charge is 0.356 e. The quantitative estimate of drug-likeness (QED) is 0.725. The van der Waals surface area contributed by atoms with Crippen molar-refractivity contribution in [2.45, 2.75) is 26.2 Å². The molecular formula is C15H24ClFN2O. The molecule has 1 rings (SSSR count). The fraction of sp³-hybridized carbons (Fsp3) is 0.533. The molecule has 0 aromatic heterocycles. The van der Waals surface area contributed by atoms with E-state index in [1.807, 2.05) is 20.0 Å². The molecule has 0 aliphatic rings. The highest BCUT2D eigenvalue weighted by Crippen LogP contribution is 2.11. The Kier molecular flexibility index (Phi) is 10.0. The minimum absolute atomic E-state index is 0. The molecule has 1 aromatic carbocycles. The molecule has 0 bridgehead atoms. The molecule has 0 radical (unpaired) electrons. The molecule has 0 saturated carbocycles. The predicted molar refractivity (Wildman–Crippen MR) is 82.7 cm³/mol. The number of carbonyl (C=O) groups is 1. The summed E-state index contributed by atoms with van der Waals surface area (Å²) < 4.78 is 13.0. The summed E-state index contributed by atoms with van der Waals surface area (Å²) in [5, 5.41) is 5.95. The van der Waals surface area contributed by atoms with Gasteiger partial charge in [0.05, 0.1) is 0 Å². The van der Waals surface area contributed by atoms with Gasteiger partial charge in [0.1, 0.15) is 5.82 Å². The van der Waals surface area contributed by atoms with Crippen LogP contribution in [0.4, 0.5) is 4.39 Å². The third-order valence-electron chi connectivity index (χ3n) is 3.11. The lowest BCUT2D eigenvalue weighted by atomic mass is 10.0. The van der Waals surface area contributed by atoms with E-state index < -0.39 is 0 Å². The third-order valence-corrected chi connectivity index (χ3v) is 3.11. The molecule has 0 heterocycles. The minimum Gasteiger partial charge on any atom is -0.356 e. The van der Waals surface area contributed by atoms with E-state index in [0.29, 0.717) is 6.54 Å². The van der Waals surface area contributed by atoms with Gasteiger partial charge in [0.25, 0.3) is 0 Å². The highest BCUT2D eigenvalue weighted by Gasteiger charge is 2.12. The second kappa shape index (κ2) is 10.6. The first-order valence-electron chi connectivity index (χ1n) is 6.80. The van der Waals surface area contributed by atoms with Crippen LogP contribution in [0.2, 0.25) is 0 Å². The summed E-state index contributed by atoms with van der Waals surface area (Å²) in [5.74, 6) is -0.188. The molecule has 1 atom stereocenters. The van der Waals surface area contributed by atoms with Crippen molar-refractivity contribution in [1.82, 2.24) is 10.6 Å². The van der Waals surface area contributed by atoms with Crippen LogP contribution in [0.1, 0.15) is 25.3 Å². The maximum atomic E-state index is 13.0. The number of halogens is 2. The van der Waals surface area contributed by atoms with Gasteiger partial charge in [-0.05, 0) is 50.6 Å². The molecule has 1 aromatic rings. The number of carbonyl (C=O) groups excluding carboxylic acids is 1. The lowest BCUT2D eigenvalue weighted by Crippen LogP contribution is -2.31. The fourth-order valence-electron chi connectivity index (χ4n) is 1.86. The average molecular weight is 303 g/mol.